The van der Waals surface area contributed by atoms with Crippen molar-refractivity contribution in [1.29, 1.82) is 0 Å². The molecule has 10 heteroatoms. The molecule has 0 bridgehead atoms. The molecule has 0 aliphatic carbocycles. The first-order valence-corrected chi connectivity index (χ1v) is 8.06. The average molecular weight is 381 g/mol. The average Bonchev–Trinajstić information content (AvgIpc) is 2.73. The Labute approximate surface area is 127 Å². The van der Waals surface area contributed by atoms with Crippen LogP contribution in [-0.2, 0) is 14.8 Å². The Morgan fingerprint density at radius 1 is 1.48 bits per heavy atom. The molecule has 1 aliphatic rings. The van der Waals surface area contributed by atoms with Gasteiger partial charge in [0.1, 0.15) is 16.6 Å². The number of sulfonamides is 1. The van der Waals surface area contributed by atoms with Crippen LogP contribution in [0, 0.1) is 5.82 Å². The van der Waals surface area contributed by atoms with Gasteiger partial charge in [-0.05, 0) is 28.1 Å². The third-order valence-corrected chi connectivity index (χ3v) is 5.02. The van der Waals surface area contributed by atoms with Crippen LogP contribution in [0.25, 0.3) is 0 Å². The van der Waals surface area contributed by atoms with Gasteiger partial charge >= 0.3 is 5.97 Å². The lowest BCUT2D eigenvalue weighted by Gasteiger charge is -2.20. The Kier molecular flexibility index (Phi) is 4.04. The third kappa shape index (κ3) is 2.92. The van der Waals surface area contributed by atoms with Crippen molar-refractivity contribution in [3.8, 4) is 0 Å². The van der Waals surface area contributed by atoms with E-state index in [-0.39, 0.29) is 11.0 Å². The number of hydrogen-bond donors (Lipinski definition) is 2. The van der Waals surface area contributed by atoms with Gasteiger partial charge in [0.05, 0.1) is 5.69 Å². The minimum atomic E-state index is -3.98. The molecule has 1 atom stereocenters. The van der Waals surface area contributed by atoms with Gasteiger partial charge < -0.3 is 10.0 Å². The van der Waals surface area contributed by atoms with Crippen molar-refractivity contribution < 1.29 is 27.5 Å². The highest BCUT2D eigenvalue weighted by Crippen LogP contribution is 2.34. The van der Waals surface area contributed by atoms with Crippen LogP contribution in [0.15, 0.2) is 16.6 Å². The molecular formula is C11H10BrFN2O5S. The van der Waals surface area contributed by atoms with Crippen molar-refractivity contribution in [2.45, 2.75) is 11.7 Å². The van der Waals surface area contributed by atoms with Gasteiger partial charge in [-0.25, -0.2) is 22.7 Å². The molecule has 1 heterocycles. The Morgan fingerprint density at radius 2 is 2.10 bits per heavy atom. The molecule has 0 spiro atoms. The summed E-state index contributed by atoms with van der Waals surface area (Å²) in [5.41, 5.74) is -0.911. The Balaban J connectivity index is 2.55. The third-order valence-electron chi connectivity index (χ3n) is 3.12. The van der Waals surface area contributed by atoms with E-state index < -0.39 is 50.6 Å². The maximum atomic E-state index is 14.0. The van der Waals surface area contributed by atoms with Gasteiger partial charge in [-0.15, -0.1) is 0 Å². The minimum absolute atomic E-state index is 0.0817. The first kappa shape index (κ1) is 15.9. The summed E-state index contributed by atoms with van der Waals surface area (Å²) in [7, 11) is -3.98. The number of primary sulfonamides is 1. The lowest BCUT2D eigenvalue weighted by molar-refractivity contribution is -0.117. The van der Waals surface area contributed by atoms with E-state index in [1.54, 1.807) is 0 Å². The number of carbonyl (C=O) groups excluding carboxylic acids is 1. The monoisotopic (exact) mass is 380 g/mol. The van der Waals surface area contributed by atoms with Gasteiger partial charge in [-0.3, -0.25) is 4.79 Å². The number of anilines is 1. The van der Waals surface area contributed by atoms with Crippen molar-refractivity contribution in [2.75, 3.05) is 11.4 Å². The molecular weight excluding hydrogens is 371 g/mol. The second kappa shape index (κ2) is 5.35. The van der Waals surface area contributed by atoms with Gasteiger partial charge in [0, 0.05) is 17.4 Å². The van der Waals surface area contributed by atoms with E-state index >= 15 is 0 Å². The van der Waals surface area contributed by atoms with Crippen LogP contribution < -0.4 is 10.0 Å². The zero-order chi connectivity index (χ0) is 15.9. The molecule has 114 valence electrons. The fourth-order valence-corrected chi connectivity index (χ4v) is 3.34. The number of benzene rings is 1. The summed E-state index contributed by atoms with van der Waals surface area (Å²) in [5, 5.41) is 13.0. The van der Waals surface area contributed by atoms with E-state index in [9.17, 15) is 22.4 Å². The standard InChI is InChI=1S/C11H10BrFN2O5S/c12-6-1-2-7(13)10(9(6)11(17)18)15-4-5(3-8(15)16)21(14,19)20/h1-2,5H,3-4H2,(H,17,18)(H2,14,19,20). The molecule has 0 aromatic heterocycles. The highest BCUT2D eigenvalue weighted by atomic mass is 79.9. The number of rotatable bonds is 3. The molecule has 2 rings (SSSR count). The molecule has 7 nitrogen and oxygen atoms in total. The van der Waals surface area contributed by atoms with Crippen LogP contribution in [0.5, 0.6) is 0 Å². The number of halogens is 2. The van der Waals surface area contributed by atoms with Crippen LogP contribution in [0.2, 0.25) is 0 Å². The molecule has 1 amide bonds. The van der Waals surface area contributed by atoms with Gasteiger partial charge in [0.25, 0.3) is 0 Å². The molecule has 0 saturated carbocycles. The molecule has 1 fully saturated rings. The van der Waals surface area contributed by atoms with Gasteiger partial charge in [-0.1, -0.05) is 0 Å². The van der Waals surface area contributed by atoms with Crippen LogP contribution in [0.1, 0.15) is 16.8 Å². The predicted molar refractivity (Wildman–Crippen MR) is 74.9 cm³/mol. The topological polar surface area (TPSA) is 118 Å². The van der Waals surface area contributed by atoms with Crippen molar-refractivity contribution in [1.82, 2.24) is 0 Å². The van der Waals surface area contributed by atoms with Crippen LogP contribution in [0.3, 0.4) is 0 Å². The van der Waals surface area contributed by atoms with Gasteiger partial charge in [-0.2, -0.15) is 0 Å². The molecule has 1 aromatic rings. The lowest BCUT2D eigenvalue weighted by atomic mass is 10.1. The van der Waals surface area contributed by atoms with Crippen LogP contribution in [0.4, 0.5) is 10.1 Å². The maximum absolute atomic E-state index is 14.0. The molecule has 1 aliphatic heterocycles. The summed E-state index contributed by atoms with van der Waals surface area (Å²) < 4.78 is 36.7. The summed E-state index contributed by atoms with van der Waals surface area (Å²) in [6, 6.07) is 2.18. The number of carboxylic acid groups (broad SMARTS) is 1. The zero-order valence-corrected chi connectivity index (χ0v) is 12.8. The Morgan fingerprint density at radius 3 is 2.57 bits per heavy atom. The molecule has 1 saturated heterocycles. The normalized spacial score (nSPS) is 19.1. The maximum Gasteiger partial charge on any atom is 0.339 e. The SMILES string of the molecule is NS(=O)(=O)C1CC(=O)N(c2c(F)ccc(Br)c2C(=O)O)C1. The van der Waals surface area contributed by atoms with Crippen LogP contribution in [-0.4, -0.2) is 37.2 Å². The second-order valence-electron chi connectivity index (χ2n) is 4.48. The van der Waals surface area contributed by atoms with Crippen molar-refractivity contribution in [3.63, 3.8) is 0 Å². The van der Waals surface area contributed by atoms with Crippen LogP contribution >= 0.6 is 15.9 Å². The quantitative estimate of drug-likeness (QED) is 0.799. The van der Waals surface area contributed by atoms with Gasteiger partial charge in [0.15, 0.2) is 0 Å². The zero-order valence-electron chi connectivity index (χ0n) is 10.4. The summed E-state index contributed by atoms with van der Waals surface area (Å²) in [5.74, 6) is -3.07. The predicted octanol–water partition coefficient (Wildman–Crippen LogP) is 0.680. The number of hydrogen-bond acceptors (Lipinski definition) is 4. The van der Waals surface area contributed by atoms with Crippen molar-refractivity contribution in [3.05, 3.63) is 28.0 Å². The minimum Gasteiger partial charge on any atom is -0.478 e. The van der Waals surface area contributed by atoms with Gasteiger partial charge in [0.2, 0.25) is 15.9 Å². The summed E-state index contributed by atoms with van der Waals surface area (Å²) in [6.45, 7) is -0.384. The summed E-state index contributed by atoms with van der Waals surface area (Å²) >= 11 is 2.98. The Hall–Kier alpha value is -1.52. The Bertz CT molecular complexity index is 736. The first-order chi connectivity index (χ1) is 9.62. The van der Waals surface area contributed by atoms with Crippen molar-refractivity contribution >= 4 is 43.5 Å². The second-order valence-corrected chi connectivity index (χ2v) is 7.18. The summed E-state index contributed by atoms with van der Waals surface area (Å²) in [4.78, 5) is 24.0. The molecule has 1 unspecified atom stereocenters. The molecule has 1 aromatic carbocycles. The number of carbonyl (C=O) groups is 2. The van der Waals surface area contributed by atoms with E-state index in [1.807, 2.05) is 0 Å². The lowest BCUT2D eigenvalue weighted by Crippen LogP contribution is -2.33. The number of amides is 1. The number of nitrogens with two attached hydrogens (primary N) is 1. The van der Waals surface area contributed by atoms with E-state index in [0.717, 1.165) is 11.0 Å². The molecule has 21 heavy (non-hydrogen) atoms. The van der Waals surface area contributed by atoms with E-state index in [4.69, 9.17) is 10.2 Å². The smallest absolute Gasteiger partial charge is 0.339 e. The van der Waals surface area contributed by atoms with E-state index in [1.165, 1.54) is 6.07 Å². The number of nitrogens with zero attached hydrogens (tertiary/aromatic N) is 1. The highest BCUT2D eigenvalue weighted by molar-refractivity contribution is 9.10. The molecule has 3 N–H and O–H groups in total. The van der Waals surface area contributed by atoms with E-state index in [2.05, 4.69) is 15.9 Å². The largest absolute Gasteiger partial charge is 0.478 e. The summed E-state index contributed by atoms with van der Waals surface area (Å²) in [6.07, 6.45) is -0.413. The fourth-order valence-electron chi connectivity index (χ4n) is 2.12. The fraction of sp³-hybridized carbons (Fsp3) is 0.273. The highest BCUT2D eigenvalue weighted by Gasteiger charge is 2.40. The van der Waals surface area contributed by atoms with E-state index in [0.29, 0.717) is 0 Å². The number of aromatic carboxylic acids is 1. The van der Waals surface area contributed by atoms with Crippen molar-refractivity contribution in [2.24, 2.45) is 5.14 Å². The first-order valence-electron chi connectivity index (χ1n) is 5.66. The molecule has 0 radical (unpaired) electrons. The number of carboxylic acids is 1.